The summed E-state index contributed by atoms with van der Waals surface area (Å²) in [4.78, 5) is 0. The Morgan fingerprint density at radius 1 is 1.15 bits per heavy atom. The van der Waals surface area contributed by atoms with E-state index in [2.05, 4.69) is 59.8 Å². The molecule has 110 valence electrons. The van der Waals surface area contributed by atoms with Crippen LogP contribution in [0.15, 0.2) is 24.3 Å². The minimum absolute atomic E-state index is 0.149. The molecule has 1 nitrogen and oxygen atoms in total. The van der Waals surface area contributed by atoms with E-state index in [4.69, 9.17) is 16.3 Å². The van der Waals surface area contributed by atoms with Gasteiger partial charge in [0.25, 0.3) is 0 Å². The Bertz CT molecular complexity index is 538. The SMILES string of the molecule is CC(C)c1ccc(Cl)cc1C1=CC(C)(C)OC(C)(C)C1. The summed E-state index contributed by atoms with van der Waals surface area (Å²) in [5.41, 5.74) is 3.58. The summed E-state index contributed by atoms with van der Waals surface area (Å²) in [6.07, 6.45) is 3.16. The van der Waals surface area contributed by atoms with Crippen LogP contribution in [0.5, 0.6) is 0 Å². The summed E-state index contributed by atoms with van der Waals surface area (Å²) >= 11 is 6.22. The van der Waals surface area contributed by atoms with Crippen molar-refractivity contribution in [2.45, 2.75) is 65.1 Å². The molecule has 1 aliphatic heterocycles. The first-order valence-corrected chi connectivity index (χ1v) is 7.69. The lowest BCUT2D eigenvalue weighted by atomic mass is 9.82. The fraction of sp³-hybridized carbons (Fsp3) is 0.556. The predicted molar refractivity (Wildman–Crippen MR) is 87.4 cm³/mol. The van der Waals surface area contributed by atoms with Crippen molar-refractivity contribution in [3.63, 3.8) is 0 Å². The molecule has 0 aliphatic carbocycles. The van der Waals surface area contributed by atoms with E-state index in [0.717, 1.165) is 11.4 Å². The van der Waals surface area contributed by atoms with Crippen LogP contribution < -0.4 is 0 Å². The maximum absolute atomic E-state index is 6.22. The van der Waals surface area contributed by atoms with E-state index in [1.165, 1.54) is 16.7 Å². The highest BCUT2D eigenvalue weighted by atomic mass is 35.5. The van der Waals surface area contributed by atoms with E-state index in [0.29, 0.717) is 5.92 Å². The van der Waals surface area contributed by atoms with Crippen LogP contribution >= 0.6 is 11.6 Å². The lowest BCUT2D eigenvalue weighted by Gasteiger charge is -2.40. The van der Waals surface area contributed by atoms with Crippen LogP contribution in [-0.4, -0.2) is 11.2 Å². The molecule has 1 heterocycles. The summed E-state index contributed by atoms with van der Waals surface area (Å²) < 4.78 is 6.13. The Morgan fingerprint density at radius 2 is 1.80 bits per heavy atom. The van der Waals surface area contributed by atoms with Crippen molar-refractivity contribution in [2.75, 3.05) is 0 Å². The zero-order valence-corrected chi connectivity index (χ0v) is 14.1. The zero-order chi connectivity index (χ0) is 15.1. The van der Waals surface area contributed by atoms with Crippen LogP contribution in [0.2, 0.25) is 5.02 Å². The van der Waals surface area contributed by atoms with E-state index in [1.807, 2.05) is 6.07 Å². The second-order valence-electron chi connectivity index (χ2n) is 7.20. The van der Waals surface area contributed by atoms with Crippen molar-refractivity contribution in [3.05, 3.63) is 40.4 Å². The maximum atomic E-state index is 6.22. The van der Waals surface area contributed by atoms with Crippen LogP contribution in [0.1, 0.15) is 65.0 Å². The number of benzene rings is 1. The van der Waals surface area contributed by atoms with Gasteiger partial charge in [0.1, 0.15) is 0 Å². The van der Waals surface area contributed by atoms with Gasteiger partial charge in [0.05, 0.1) is 11.2 Å². The first-order chi connectivity index (χ1) is 9.10. The molecule has 1 aliphatic rings. The number of hydrogen-bond donors (Lipinski definition) is 0. The van der Waals surface area contributed by atoms with Gasteiger partial charge in [-0.1, -0.05) is 31.5 Å². The minimum atomic E-state index is -0.242. The van der Waals surface area contributed by atoms with Gasteiger partial charge in [-0.05, 0) is 68.5 Å². The van der Waals surface area contributed by atoms with Gasteiger partial charge < -0.3 is 4.74 Å². The second-order valence-corrected chi connectivity index (χ2v) is 7.63. The van der Waals surface area contributed by atoms with Crippen molar-refractivity contribution < 1.29 is 4.74 Å². The van der Waals surface area contributed by atoms with Gasteiger partial charge in [0.2, 0.25) is 0 Å². The third kappa shape index (κ3) is 3.45. The second kappa shape index (κ2) is 5.20. The number of hydrogen-bond acceptors (Lipinski definition) is 1. The predicted octanol–water partition coefficient (Wildman–Crippen LogP) is 5.82. The summed E-state index contributed by atoms with van der Waals surface area (Å²) in [5.74, 6) is 0.484. The van der Waals surface area contributed by atoms with Crippen LogP contribution in [0, 0.1) is 0 Å². The number of rotatable bonds is 2. The molecule has 0 atom stereocenters. The fourth-order valence-corrected chi connectivity index (χ4v) is 3.36. The van der Waals surface area contributed by atoms with E-state index in [-0.39, 0.29) is 11.2 Å². The molecule has 0 fully saturated rings. The van der Waals surface area contributed by atoms with E-state index >= 15 is 0 Å². The van der Waals surface area contributed by atoms with Crippen molar-refractivity contribution >= 4 is 17.2 Å². The Kier molecular flexibility index (Phi) is 4.05. The first kappa shape index (κ1) is 15.6. The molecular weight excluding hydrogens is 268 g/mol. The maximum Gasteiger partial charge on any atom is 0.0819 e. The van der Waals surface area contributed by atoms with E-state index in [1.54, 1.807) is 0 Å². The lowest BCUT2D eigenvalue weighted by molar-refractivity contribution is -0.100. The molecule has 1 aromatic rings. The quantitative estimate of drug-likeness (QED) is 0.667. The molecule has 2 rings (SSSR count). The third-order valence-electron chi connectivity index (χ3n) is 3.66. The number of ether oxygens (including phenoxy) is 1. The highest BCUT2D eigenvalue weighted by molar-refractivity contribution is 6.30. The lowest BCUT2D eigenvalue weighted by Crippen LogP contribution is -2.39. The topological polar surface area (TPSA) is 9.23 Å². The van der Waals surface area contributed by atoms with Crippen LogP contribution in [0.3, 0.4) is 0 Å². The monoisotopic (exact) mass is 292 g/mol. The molecule has 0 N–H and O–H groups in total. The molecule has 0 amide bonds. The molecule has 0 bridgehead atoms. The van der Waals surface area contributed by atoms with Gasteiger partial charge in [-0.25, -0.2) is 0 Å². The standard InChI is InChI=1S/C18H25ClO/c1-12(2)15-8-7-14(19)9-16(15)13-10-17(3,4)20-18(5,6)11-13/h7-10,12H,11H2,1-6H3. The Balaban J connectivity index is 2.55. The van der Waals surface area contributed by atoms with Crippen LogP contribution in [0.25, 0.3) is 5.57 Å². The largest absolute Gasteiger partial charge is 0.365 e. The smallest absolute Gasteiger partial charge is 0.0819 e. The minimum Gasteiger partial charge on any atom is -0.365 e. The van der Waals surface area contributed by atoms with E-state index in [9.17, 15) is 0 Å². The normalized spacial score (nSPS) is 20.9. The molecule has 0 unspecified atom stereocenters. The first-order valence-electron chi connectivity index (χ1n) is 7.31. The van der Waals surface area contributed by atoms with Crippen LogP contribution in [0.4, 0.5) is 0 Å². The highest BCUT2D eigenvalue weighted by Gasteiger charge is 2.34. The van der Waals surface area contributed by atoms with Crippen molar-refractivity contribution in [3.8, 4) is 0 Å². The molecule has 0 aromatic heterocycles. The average Bonchev–Trinajstić information content (AvgIpc) is 2.24. The summed E-state index contributed by atoms with van der Waals surface area (Å²) in [6.45, 7) is 13.0. The van der Waals surface area contributed by atoms with Gasteiger partial charge in [-0.2, -0.15) is 0 Å². The Morgan fingerprint density at radius 3 is 2.35 bits per heavy atom. The molecule has 0 spiro atoms. The van der Waals surface area contributed by atoms with Gasteiger partial charge in [-0.3, -0.25) is 0 Å². The molecule has 0 saturated carbocycles. The summed E-state index contributed by atoms with van der Waals surface area (Å²) in [6, 6.07) is 6.23. The van der Waals surface area contributed by atoms with Crippen molar-refractivity contribution in [2.24, 2.45) is 0 Å². The Hall–Kier alpha value is -0.790. The van der Waals surface area contributed by atoms with Gasteiger partial charge in [0.15, 0.2) is 0 Å². The van der Waals surface area contributed by atoms with Crippen LogP contribution in [-0.2, 0) is 4.74 Å². The van der Waals surface area contributed by atoms with E-state index < -0.39 is 0 Å². The van der Waals surface area contributed by atoms with Crippen molar-refractivity contribution in [1.29, 1.82) is 0 Å². The fourth-order valence-electron chi connectivity index (χ4n) is 3.19. The van der Waals surface area contributed by atoms with Gasteiger partial charge in [-0.15, -0.1) is 0 Å². The summed E-state index contributed by atoms with van der Waals surface area (Å²) in [5, 5.41) is 0.799. The zero-order valence-electron chi connectivity index (χ0n) is 13.4. The molecule has 0 radical (unpaired) electrons. The highest BCUT2D eigenvalue weighted by Crippen LogP contribution is 2.41. The average molecular weight is 293 g/mol. The van der Waals surface area contributed by atoms with Gasteiger partial charge in [0, 0.05) is 11.4 Å². The molecule has 1 aromatic carbocycles. The number of halogens is 1. The summed E-state index contributed by atoms with van der Waals surface area (Å²) in [7, 11) is 0. The molecule has 0 saturated heterocycles. The third-order valence-corrected chi connectivity index (χ3v) is 3.90. The molecule has 20 heavy (non-hydrogen) atoms. The molecule has 2 heteroatoms. The Labute approximate surface area is 128 Å². The van der Waals surface area contributed by atoms with Gasteiger partial charge >= 0.3 is 0 Å². The molecular formula is C18H25ClO. The van der Waals surface area contributed by atoms with Crippen molar-refractivity contribution in [1.82, 2.24) is 0 Å².